The van der Waals surface area contributed by atoms with Crippen LogP contribution in [0, 0.1) is 0 Å². The molecule has 0 saturated carbocycles. The highest BCUT2D eigenvalue weighted by Gasteiger charge is 2.34. The van der Waals surface area contributed by atoms with Crippen LogP contribution in [-0.4, -0.2) is 41.9 Å². The van der Waals surface area contributed by atoms with E-state index in [9.17, 15) is 19.8 Å². The molecule has 2 rings (SSSR count). The molecule has 1 heterocycles. The molecular weight excluding hydrogens is 364 g/mol. The summed E-state index contributed by atoms with van der Waals surface area (Å²) in [7, 11) is 1.27. The van der Waals surface area contributed by atoms with Gasteiger partial charge in [0.1, 0.15) is 27.9 Å². The molecule has 2 N–H and O–H groups in total. The Balaban J connectivity index is 2.01. The predicted molar refractivity (Wildman–Crippen MR) is 103 cm³/mol. The van der Waals surface area contributed by atoms with Gasteiger partial charge < -0.3 is 24.4 Å². The molecule has 0 aliphatic carbocycles. The fourth-order valence-electron chi connectivity index (χ4n) is 3.23. The second kappa shape index (κ2) is 10.7. The molecule has 1 aliphatic heterocycles. The summed E-state index contributed by atoms with van der Waals surface area (Å²) in [4.78, 5) is 23.2. The van der Waals surface area contributed by atoms with Crippen LogP contribution in [0.2, 0.25) is 0 Å². The van der Waals surface area contributed by atoms with Gasteiger partial charge in [0.15, 0.2) is 11.5 Å². The third kappa shape index (κ3) is 5.06. The number of unbranched alkanes of at least 4 members (excludes halogenated alkanes) is 7. The van der Waals surface area contributed by atoms with E-state index in [2.05, 4.69) is 6.92 Å². The minimum Gasteiger partial charge on any atom is -0.508 e. The normalized spacial score (nSPS) is 15.7. The Morgan fingerprint density at radius 3 is 2.36 bits per heavy atom. The molecule has 1 atom stereocenters. The van der Waals surface area contributed by atoms with Gasteiger partial charge in [-0.1, -0.05) is 51.9 Å². The van der Waals surface area contributed by atoms with Crippen LogP contribution in [0.3, 0.4) is 0 Å². The van der Waals surface area contributed by atoms with Crippen molar-refractivity contribution in [2.45, 2.75) is 64.4 Å². The van der Waals surface area contributed by atoms with E-state index >= 15 is 0 Å². The summed E-state index contributed by atoms with van der Waals surface area (Å²) in [5, 5.41) is 20.5. The highest BCUT2D eigenvalue weighted by Crippen LogP contribution is 2.25. The third-order valence-corrected chi connectivity index (χ3v) is 4.74. The Morgan fingerprint density at radius 1 is 1.11 bits per heavy atom. The smallest absolute Gasteiger partial charge is 0.348 e. The molecule has 0 fully saturated rings. The Bertz CT molecular complexity index is 824. The molecule has 0 bridgehead atoms. The van der Waals surface area contributed by atoms with Gasteiger partial charge in [-0.25, -0.2) is 9.59 Å². The molecule has 154 valence electrons. The molecular formula is C21H28O7. The number of carbonyl (C=O) groups is 1. The van der Waals surface area contributed by atoms with Crippen LogP contribution in [0.1, 0.15) is 58.3 Å². The number of fused-ring (bicyclic) bond motifs is 1. The lowest BCUT2D eigenvalue weighted by atomic mass is 10.1. The summed E-state index contributed by atoms with van der Waals surface area (Å²) < 4.78 is 15.6. The Labute approximate surface area is 164 Å². The highest BCUT2D eigenvalue weighted by molar-refractivity contribution is 5.89. The second-order valence-electron chi connectivity index (χ2n) is 6.81. The summed E-state index contributed by atoms with van der Waals surface area (Å²) in [5.41, 5.74) is 0. The number of phenols is 1. The quantitative estimate of drug-likeness (QED) is 0.337. The Hall–Kier alpha value is -2.50. The number of phenolic OH excluding ortho intramolecular Hbond substituents is 1. The monoisotopic (exact) mass is 392 g/mol. The van der Waals surface area contributed by atoms with Crippen LogP contribution >= 0.6 is 0 Å². The maximum absolute atomic E-state index is 12.2. The first-order chi connectivity index (χ1) is 13.5. The lowest BCUT2D eigenvalue weighted by Crippen LogP contribution is -2.40. The van der Waals surface area contributed by atoms with Crippen molar-refractivity contribution < 1.29 is 34.0 Å². The summed E-state index contributed by atoms with van der Waals surface area (Å²) >= 11 is 0. The van der Waals surface area contributed by atoms with E-state index in [4.69, 9.17) is 14.2 Å². The first-order valence-electron chi connectivity index (χ1n) is 9.76. The van der Waals surface area contributed by atoms with Crippen LogP contribution in [0.15, 0.2) is 6.07 Å². The number of methoxy groups -OCH3 is 1. The van der Waals surface area contributed by atoms with E-state index in [-0.39, 0.29) is 28.5 Å². The number of aliphatic hydroxyl groups excluding tert-OH is 1. The second-order valence-corrected chi connectivity index (χ2v) is 6.81. The Morgan fingerprint density at radius 2 is 1.75 bits per heavy atom. The van der Waals surface area contributed by atoms with E-state index in [0.29, 0.717) is 0 Å². The molecule has 28 heavy (non-hydrogen) atoms. The number of rotatable bonds is 11. The number of hydrogen-bond donors (Lipinski definition) is 2. The van der Waals surface area contributed by atoms with Gasteiger partial charge in [0.05, 0.1) is 7.11 Å². The number of aromatic hydroxyl groups is 1. The van der Waals surface area contributed by atoms with Gasteiger partial charge in [0, 0.05) is 12.7 Å². The topological polar surface area (TPSA) is 102 Å². The molecule has 1 aliphatic rings. The maximum Gasteiger partial charge on any atom is 0.348 e. The van der Waals surface area contributed by atoms with Crippen molar-refractivity contribution in [2.75, 3.05) is 13.7 Å². The lowest BCUT2D eigenvalue weighted by Gasteiger charge is -2.22. The van der Waals surface area contributed by atoms with Gasteiger partial charge in [-0.15, -0.1) is 0 Å². The molecule has 0 aromatic heterocycles. The van der Waals surface area contributed by atoms with E-state index in [1.807, 2.05) is 0 Å². The van der Waals surface area contributed by atoms with Crippen LogP contribution in [0.25, 0.3) is 5.76 Å². The zero-order valence-corrected chi connectivity index (χ0v) is 16.5. The summed E-state index contributed by atoms with van der Waals surface area (Å²) in [5.74, 6) is -0.442. The van der Waals surface area contributed by atoms with Crippen LogP contribution < -0.4 is 19.9 Å². The van der Waals surface area contributed by atoms with Gasteiger partial charge in [-0.05, 0) is 6.42 Å². The fraction of sp³-hybridized carbons (Fsp3) is 0.571. The molecule has 0 saturated heterocycles. The zero-order chi connectivity index (χ0) is 20.5. The maximum atomic E-state index is 12.2. The van der Waals surface area contributed by atoms with Crippen LogP contribution in [-0.2, 0) is 14.3 Å². The average molecular weight is 392 g/mol. The summed E-state index contributed by atoms with van der Waals surface area (Å²) in [6.45, 7) is 2.47. The van der Waals surface area contributed by atoms with Crippen molar-refractivity contribution in [3.63, 3.8) is 0 Å². The number of esters is 1. The number of aliphatic hydroxyl groups is 1. The van der Waals surface area contributed by atoms with Crippen molar-refractivity contribution in [3.8, 4) is 17.2 Å². The summed E-state index contributed by atoms with van der Waals surface area (Å²) in [6.07, 6.45) is 7.69. The number of ether oxygens (including phenoxy) is 3. The van der Waals surface area contributed by atoms with E-state index in [1.165, 1.54) is 45.3 Å². The average Bonchev–Trinajstić information content (AvgIpc) is 2.68. The van der Waals surface area contributed by atoms with Gasteiger partial charge in [0.2, 0.25) is 6.10 Å². The summed E-state index contributed by atoms with van der Waals surface area (Å²) in [6, 6.07) is 1.18. The molecule has 7 nitrogen and oxygen atoms in total. The van der Waals surface area contributed by atoms with Gasteiger partial charge in [-0.2, -0.15) is 0 Å². The molecule has 7 heteroatoms. The SMILES string of the molecule is CCCCCCCCCCOC1C(=O)Oc2cc(=C=O)c(OC)c(O)c2=C1O. The highest BCUT2D eigenvalue weighted by atomic mass is 16.6. The number of benzene rings is 1. The van der Waals surface area contributed by atoms with Crippen molar-refractivity contribution >= 4 is 17.7 Å². The van der Waals surface area contributed by atoms with Crippen molar-refractivity contribution in [1.82, 2.24) is 0 Å². The van der Waals surface area contributed by atoms with Crippen molar-refractivity contribution in [1.29, 1.82) is 0 Å². The van der Waals surface area contributed by atoms with Crippen LogP contribution in [0.5, 0.6) is 17.2 Å². The first-order valence-corrected chi connectivity index (χ1v) is 9.76. The zero-order valence-electron chi connectivity index (χ0n) is 16.5. The van der Waals surface area contributed by atoms with Gasteiger partial charge >= 0.3 is 5.97 Å². The van der Waals surface area contributed by atoms with Crippen molar-refractivity contribution in [3.05, 3.63) is 16.5 Å². The van der Waals surface area contributed by atoms with Crippen LogP contribution in [0.4, 0.5) is 0 Å². The molecule has 0 radical (unpaired) electrons. The van der Waals surface area contributed by atoms with E-state index in [1.54, 1.807) is 5.94 Å². The molecule has 1 aromatic rings. The van der Waals surface area contributed by atoms with E-state index < -0.39 is 23.6 Å². The van der Waals surface area contributed by atoms with Crippen molar-refractivity contribution in [2.24, 2.45) is 0 Å². The molecule has 1 unspecified atom stereocenters. The minimum atomic E-state index is -1.32. The molecule has 1 aromatic carbocycles. The fourth-order valence-corrected chi connectivity index (χ4v) is 3.23. The largest absolute Gasteiger partial charge is 0.508 e. The lowest BCUT2D eigenvalue weighted by molar-refractivity contribution is -0.145. The number of carbonyl (C=O) groups excluding carboxylic acids is 2. The van der Waals surface area contributed by atoms with Gasteiger partial charge in [-0.3, -0.25) is 0 Å². The minimum absolute atomic E-state index is 0.113. The van der Waals surface area contributed by atoms with E-state index in [0.717, 1.165) is 19.3 Å². The Kier molecular flexibility index (Phi) is 8.36. The van der Waals surface area contributed by atoms with Gasteiger partial charge in [0.25, 0.3) is 0 Å². The third-order valence-electron chi connectivity index (χ3n) is 4.74. The molecule has 0 spiro atoms. The standard InChI is InChI=1S/C21H28O7/c1-3-4-5-6-7-8-9-10-11-27-20-18(24)16-15(28-21(20)25)12-14(13-22)19(26-2)17(16)23/h12,20,23-24H,3-11H2,1-2H3. The predicted octanol–water partition coefficient (Wildman–Crippen LogP) is 2.02. The number of hydrogen-bond acceptors (Lipinski definition) is 7. The first kappa shape index (κ1) is 21.8. The molecule has 0 amide bonds.